The Morgan fingerprint density at radius 2 is 2.38 bits per heavy atom. The molecule has 0 aliphatic heterocycles. The molecular weight excluding hydrogens is 102 g/mol. The molecule has 0 bridgehead atoms. The molecule has 0 saturated carbocycles. The van der Waals surface area contributed by atoms with Gasteiger partial charge in [0.25, 0.3) is 0 Å². The summed E-state index contributed by atoms with van der Waals surface area (Å²) in [7, 11) is 0. The highest BCUT2D eigenvalue weighted by molar-refractivity contribution is 5.57. The maximum absolute atomic E-state index is 6.75. The second-order valence-corrected chi connectivity index (χ2v) is 1.26. The lowest BCUT2D eigenvalue weighted by atomic mass is 10.7. The van der Waals surface area contributed by atoms with Crippen LogP contribution in [0, 0.1) is 5.41 Å². The van der Waals surface area contributed by atoms with E-state index in [1.54, 1.807) is 11.2 Å². The summed E-state index contributed by atoms with van der Waals surface area (Å²) in [6.07, 6.45) is 2.86. The van der Waals surface area contributed by atoms with E-state index in [1.807, 2.05) is 13.8 Å². The predicted octanol–water partition coefficient (Wildman–Crippen LogP) is 0.921. The van der Waals surface area contributed by atoms with Gasteiger partial charge < -0.3 is 0 Å². The zero-order chi connectivity index (χ0) is 6.41. The van der Waals surface area contributed by atoms with Gasteiger partial charge in [-0.25, -0.2) is 0 Å². The van der Waals surface area contributed by atoms with Gasteiger partial charge in [0.2, 0.25) is 0 Å². The lowest BCUT2D eigenvalue weighted by molar-refractivity contribution is 0.485. The van der Waals surface area contributed by atoms with Crippen molar-refractivity contribution in [1.29, 1.82) is 5.41 Å². The molecule has 3 nitrogen and oxygen atoms in total. The fraction of sp³-hybridized carbons (Fsp3) is 0.600. The Labute approximate surface area is 49.5 Å². The van der Waals surface area contributed by atoms with Gasteiger partial charge in [0.15, 0.2) is 0 Å². The minimum absolute atomic E-state index is 0.758. The van der Waals surface area contributed by atoms with Crippen LogP contribution >= 0.6 is 0 Å². The molecule has 0 aliphatic carbocycles. The van der Waals surface area contributed by atoms with Gasteiger partial charge in [0, 0.05) is 12.8 Å². The first-order valence-corrected chi connectivity index (χ1v) is 2.61. The van der Waals surface area contributed by atoms with Gasteiger partial charge in [-0.3, -0.25) is 10.4 Å². The van der Waals surface area contributed by atoms with Crippen molar-refractivity contribution >= 4 is 12.6 Å². The Morgan fingerprint density at radius 3 is 2.50 bits per heavy atom. The van der Waals surface area contributed by atoms with Gasteiger partial charge in [0.05, 0.1) is 0 Å². The van der Waals surface area contributed by atoms with Crippen LogP contribution in [0.1, 0.15) is 13.8 Å². The maximum atomic E-state index is 6.75. The summed E-state index contributed by atoms with van der Waals surface area (Å²) >= 11 is 0. The van der Waals surface area contributed by atoms with E-state index in [0.29, 0.717) is 0 Å². The average molecular weight is 113 g/mol. The van der Waals surface area contributed by atoms with Gasteiger partial charge >= 0.3 is 0 Å². The standard InChI is InChI=1S/C5H11N3/c1-3-7-8(4-2)5-6/h3,5-6H,4H2,1-2H3/b6-5?,7-3-. The van der Waals surface area contributed by atoms with Crippen molar-refractivity contribution < 1.29 is 0 Å². The summed E-state index contributed by atoms with van der Waals surface area (Å²) in [6, 6.07) is 0. The topological polar surface area (TPSA) is 39.5 Å². The molecule has 0 aromatic rings. The van der Waals surface area contributed by atoms with E-state index in [1.165, 1.54) is 6.34 Å². The van der Waals surface area contributed by atoms with Gasteiger partial charge in [-0.1, -0.05) is 0 Å². The van der Waals surface area contributed by atoms with Crippen molar-refractivity contribution in [2.75, 3.05) is 6.54 Å². The third kappa shape index (κ3) is 2.34. The zero-order valence-electron chi connectivity index (χ0n) is 5.26. The summed E-state index contributed by atoms with van der Waals surface area (Å²) in [5, 5.41) is 12.1. The molecule has 0 aromatic carbocycles. The molecule has 0 saturated heterocycles. The lowest BCUT2D eigenvalue weighted by Gasteiger charge is -2.06. The highest BCUT2D eigenvalue weighted by Gasteiger charge is 1.83. The number of nitrogens with one attached hydrogen (secondary N) is 1. The van der Waals surface area contributed by atoms with Crippen molar-refractivity contribution in [2.45, 2.75) is 13.8 Å². The van der Waals surface area contributed by atoms with E-state index >= 15 is 0 Å². The van der Waals surface area contributed by atoms with Crippen LogP contribution < -0.4 is 0 Å². The van der Waals surface area contributed by atoms with Crippen LogP contribution in [0.5, 0.6) is 0 Å². The summed E-state index contributed by atoms with van der Waals surface area (Å²) in [5.74, 6) is 0. The average Bonchev–Trinajstić information content (AvgIpc) is 1.83. The number of hydrogen-bond donors (Lipinski definition) is 1. The molecule has 3 heteroatoms. The zero-order valence-corrected chi connectivity index (χ0v) is 5.26. The molecule has 1 N–H and O–H groups in total. The van der Waals surface area contributed by atoms with Gasteiger partial charge in [-0.15, -0.1) is 0 Å². The number of hydrazone groups is 1. The normalized spacial score (nSPS) is 9.75. The van der Waals surface area contributed by atoms with Gasteiger partial charge in [0.1, 0.15) is 6.34 Å². The van der Waals surface area contributed by atoms with Gasteiger partial charge in [-0.2, -0.15) is 5.10 Å². The summed E-state index contributed by atoms with van der Waals surface area (Å²) in [5.41, 5.74) is 0. The van der Waals surface area contributed by atoms with E-state index in [2.05, 4.69) is 5.10 Å². The smallest absolute Gasteiger partial charge is 0.103 e. The second kappa shape index (κ2) is 4.30. The first-order chi connectivity index (χ1) is 3.85. The van der Waals surface area contributed by atoms with E-state index in [9.17, 15) is 0 Å². The highest BCUT2D eigenvalue weighted by Crippen LogP contribution is 1.78. The van der Waals surface area contributed by atoms with Crippen LogP contribution in [0.2, 0.25) is 0 Å². The molecular formula is C5H11N3. The SMILES string of the molecule is C/C=N\N(C=N)CC. The van der Waals surface area contributed by atoms with E-state index in [0.717, 1.165) is 6.54 Å². The van der Waals surface area contributed by atoms with Crippen molar-refractivity contribution in [1.82, 2.24) is 5.01 Å². The van der Waals surface area contributed by atoms with Gasteiger partial charge in [-0.05, 0) is 13.8 Å². The first kappa shape index (κ1) is 7.14. The Kier molecular flexibility index (Phi) is 3.84. The summed E-state index contributed by atoms with van der Waals surface area (Å²) in [6.45, 7) is 4.53. The molecule has 46 valence electrons. The van der Waals surface area contributed by atoms with Crippen LogP contribution in [0.4, 0.5) is 0 Å². The van der Waals surface area contributed by atoms with Crippen LogP contribution in [-0.4, -0.2) is 24.1 Å². The minimum atomic E-state index is 0.758. The first-order valence-electron chi connectivity index (χ1n) is 2.61. The van der Waals surface area contributed by atoms with Crippen molar-refractivity contribution in [3.63, 3.8) is 0 Å². The van der Waals surface area contributed by atoms with E-state index in [-0.39, 0.29) is 0 Å². The van der Waals surface area contributed by atoms with Crippen LogP contribution in [0.3, 0.4) is 0 Å². The molecule has 0 amide bonds. The molecule has 0 heterocycles. The van der Waals surface area contributed by atoms with Crippen molar-refractivity contribution in [3.8, 4) is 0 Å². The lowest BCUT2D eigenvalue weighted by Crippen LogP contribution is -2.12. The summed E-state index contributed by atoms with van der Waals surface area (Å²) < 4.78 is 0. The molecule has 8 heavy (non-hydrogen) atoms. The highest BCUT2D eigenvalue weighted by atomic mass is 15.4. The molecule has 0 atom stereocenters. The predicted molar refractivity (Wildman–Crippen MR) is 35.3 cm³/mol. The molecule has 0 fully saturated rings. The molecule has 0 aliphatic rings. The number of rotatable bonds is 3. The molecule has 0 aromatic heterocycles. The third-order valence-corrected chi connectivity index (χ3v) is 0.737. The van der Waals surface area contributed by atoms with E-state index in [4.69, 9.17) is 5.41 Å². The minimum Gasteiger partial charge on any atom is -0.290 e. The fourth-order valence-corrected chi connectivity index (χ4v) is 0.355. The largest absolute Gasteiger partial charge is 0.290 e. The Morgan fingerprint density at radius 1 is 1.75 bits per heavy atom. The van der Waals surface area contributed by atoms with Crippen LogP contribution in [-0.2, 0) is 0 Å². The second-order valence-electron chi connectivity index (χ2n) is 1.26. The fourth-order valence-electron chi connectivity index (χ4n) is 0.355. The summed E-state index contributed by atoms with van der Waals surface area (Å²) in [4.78, 5) is 0. The number of nitrogens with zero attached hydrogens (tertiary/aromatic N) is 2. The Bertz CT molecular complexity index is 87.7. The van der Waals surface area contributed by atoms with E-state index < -0.39 is 0 Å². The monoisotopic (exact) mass is 113 g/mol. The van der Waals surface area contributed by atoms with Crippen molar-refractivity contribution in [3.05, 3.63) is 0 Å². The third-order valence-electron chi connectivity index (χ3n) is 0.737. The Hall–Kier alpha value is -0.860. The molecule has 0 spiro atoms. The van der Waals surface area contributed by atoms with Crippen LogP contribution in [0.15, 0.2) is 5.10 Å². The number of hydrogen-bond acceptors (Lipinski definition) is 2. The molecule has 0 unspecified atom stereocenters. The Balaban J connectivity index is 3.52. The quantitative estimate of drug-likeness (QED) is 0.330. The maximum Gasteiger partial charge on any atom is 0.103 e. The van der Waals surface area contributed by atoms with Crippen LogP contribution in [0.25, 0.3) is 0 Å². The molecule has 0 rings (SSSR count). The molecule has 0 radical (unpaired) electrons. The van der Waals surface area contributed by atoms with Crippen molar-refractivity contribution in [2.24, 2.45) is 5.10 Å².